The monoisotopic (exact) mass is 302 g/mol. The standard InChI is InChI=1S/C12H16BrFN2O/c1-15-12(17)3-2-6-16-8-9-7-10(14)4-5-11(9)13/h4-5,7,16H,2-3,6,8H2,1H3,(H,15,17). The molecule has 1 amide bonds. The molecule has 3 nitrogen and oxygen atoms in total. The van der Waals surface area contributed by atoms with Crippen LogP contribution >= 0.6 is 15.9 Å². The van der Waals surface area contributed by atoms with E-state index in [1.165, 1.54) is 12.1 Å². The average Bonchev–Trinajstić information content (AvgIpc) is 2.32. The van der Waals surface area contributed by atoms with Crippen LogP contribution in [-0.4, -0.2) is 19.5 Å². The van der Waals surface area contributed by atoms with E-state index in [1.807, 2.05) is 0 Å². The predicted octanol–water partition coefficient (Wildman–Crippen LogP) is 2.20. The van der Waals surface area contributed by atoms with E-state index < -0.39 is 0 Å². The molecule has 17 heavy (non-hydrogen) atoms. The van der Waals surface area contributed by atoms with Crippen molar-refractivity contribution in [3.05, 3.63) is 34.1 Å². The smallest absolute Gasteiger partial charge is 0.219 e. The minimum atomic E-state index is -0.240. The van der Waals surface area contributed by atoms with Gasteiger partial charge in [-0.1, -0.05) is 15.9 Å². The summed E-state index contributed by atoms with van der Waals surface area (Å²) in [4.78, 5) is 10.9. The van der Waals surface area contributed by atoms with Crippen molar-refractivity contribution < 1.29 is 9.18 Å². The van der Waals surface area contributed by atoms with Crippen LogP contribution in [0.25, 0.3) is 0 Å². The topological polar surface area (TPSA) is 41.1 Å². The van der Waals surface area contributed by atoms with Gasteiger partial charge in [0, 0.05) is 24.5 Å². The molecule has 1 aromatic carbocycles. The Balaban J connectivity index is 2.26. The van der Waals surface area contributed by atoms with Crippen molar-refractivity contribution in [3.63, 3.8) is 0 Å². The molecular formula is C12H16BrFN2O. The summed E-state index contributed by atoms with van der Waals surface area (Å²) in [6, 6.07) is 4.60. The number of rotatable bonds is 6. The molecule has 0 bridgehead atoms. The Hall–Kier alpha value is -0.940. The Bertz CT molecular complexity index is 385. The molecule has 0 saturated carbocycles. The third-order valence-corrected chi connectivity index (χ3v) is 3.13. The normalized spacial score (nSPS) is 10.3. The molecule has 0 aliphatic carbocycles. The zero-order chi connectivity index (χ0) is 12.7. The summed E-state index contributed by atoms with van der Waals surface area (Å²) in [6.45, 7) is 1.32. The number of hydrogen-bond acceptors (Lipinski definition) is 2. The van der Waals surface area contributed by atoms with E-state index in [-0.39, 0.29) is 11.7 Å². The van der Waals surface area contributed by atoms with Gasteiger partial charge >= 0.3 is 0 Å². The van der Waals surface area contributed by atoms with Crippen LogP contribution in [-0.2, 0) is 11.3 Å². The van der Waals surface area contributed by atoms with Crippen LogP contribution < -0.4 is 10.6 Å². The molecule has 1 rings (SSSR count). The molecule has 1 aromatic rings. The van der Waals surface area contributed by atoms with Gasteiger partial charge in [0.1, 0.15) is 5.82 Å². The maximum absolute atomic E-state index is 13.0. The van der Waals surface area contributed by atoms with Crippen LogP contribution in [0.2, 0.25) is 0 Å². The first-order chi connectivity index (χ1) is 8.13. The number of carbonyl (C=O) groups excluding carboxylic acids is 1. The van der Waals surface area contributed by atoms with E-state index >= 15 is 0 Å². The number of benzene rings is 1. The molecule has 0 spiro atoms. The lowest BCUT2D eigenvalue weighted by Crippen LogP contribution is -2.21. The summed E-state index contributed by atoms with van der Waals surface area (Å²) in [5, 5.41) is 5.74. The number of nitrogens with one attached hydrogen (secondary N) is 2. The highest BCUT2D eigenvalue weighted by molar-refractivity contribution is 9.10. The van der Waals surface area contributed by atoms with Gasteiger partial charge in [-0.15, -0.1) is 0 Å². The maximum Gasteiger partial charge on any atom is 0.219 e. The minimum Gasteiger partial charge on any atom is -0.359 e. The number of hydrogen-bond donors (Lipinski definition) is 2. The molecule has 0 radical (unpaired) electrons. The zero-order valence-corrected chi connectivity index (χ0v) is 11.3. The van der Waals surface area contributed by atoms with E-state index in [2.05, 4.69) is 26.6 Å². The second-order valence-corrected chi connectivity index (χ2v) is 4.54. The van der Waals surface area contributed by atoms with E-state index in [0.717, 1.165) is 23.0 Å². The van der Waals surface area contributed by atoms with Gasteiger partial charge in [0.2, 0.25) is 5.91 Å². The van der Waals surface area contributed by atoms with Gasteiger partial charge in [0.25, 0.3) is 0 Å². The molecule has 0 heterocycles. The highest BCUT2D eigenvalue weighted by Gasteiger charge is 2.02. The van der Waals surface area contributed by atoms with Gasteiger partial charge < -0.3 is 10.6 Å². The van der Waals surface area contributed by atoms with Crippen LogP contribution in [0.4, 0.5) is 4.39 Å². The van der Waals surface area contributed by atoms with Gasteiger partial charge in [-0.05, 0) is 36.7 Å². The van der Waals surface area contributed by atoms with Gasteiger partial charge in [0.15, 0.2) is 0 Å². The number of halogens is 2. The van der Waals surface area contributed by atoms with Crippen LogP contribution in [0.15, 0.2) is 22.7 Å². The Morgan fingerprint density at radius 1 is 1.47 bits per heavy atom. The summed E-state index contributed by atoms with van der Waals surface area (Å²) < 4.78 is 13.9. The molecule has 0 aromatic heterocycles. The minimum absolute atomic E-state index is 0.0405. The summed E-state index contributed by atoms with van der Waals surface area (Å²) in [5.74, 6) is -0.200. The maximum atomic E-state index is 13.0. The van der Waals surface area contributed by atoms with Crippen molar-refractivity contribution >= 4 is 21.8 Å². The summed E-state index contributed by atoms with van der Waals surface area (Å²) in [5.41, 5.74) is 0.880. The van der Waals surface area contributed by atoms with Gasteiger partial charge in [-0.25, -0.2) is 4.39 Å². The lowest BCUT2D eigenvalue weighted by atomic mass is 10.2. The van der Waals surface area contributed by atoms with E-state index in [4.69, 9.17) is 0 Å². The Labute approximate surface area is 109 Å². The summed E-state index contributed by atoms with van der Waals surface area (Å²) in [6.07, 6.45) is 1.28. The van der Waals surface area contributed by atoms with Crippen molar-refractivity contribution in [3.8, 4) is 0 Å². The van der Waals surface area contributed by atoms with Crippen molar-refractivity contribution in [1.29, 1.82) is 0 Å². The lowest BCUT2D eigenvalue weighted by Gasteiger charge is -2.06. The molecular weight excluding hydrogens is 287 g/mol. The molecule has 2 N–H and O–H groups in total. The van der Waals surface area contributed by atoms with Crippen molar-refractivity contribution in [2.45, 2.75) is 19.4 Å². The second-order valence-electron chi connectivity index (χ2n) is 3.69. The third-order valence-electron chi connectivity index (χ3n) is 2.36. The van der Waals surface area contributed by atoms with Crippen molar-refractivity contribution in [2.75, 3.05) is 13.6 Å². The molecule has 0 aliphatic heterocycles. The second kappa shape index (κ2) is 7.40. The van der Waals surface area contributed by atoms with E-state index in [9.17, 15) is 9.18 Å². The Morgan fingerprint density at radius 2 is 2.24 bits per heavy atom. The Morgan fingerprint density at radius 3 is 2.94 bits per heavy atom. The molecule has 0 fully saturated rings. The van der Waals surface area contributed by atoms with Crippen LogP contribution in [0.3, 0.4) is 0 Å². The Kier molecular flexibility index (Phi) is 6.15. The molecule has 0 atom stereocenters. The summed E-state index contributed by atoms with van der Waals surface area (Å²) >= 11 is 3.36. The quantitative estimate of drug-likeness (QED) is 0.791. The van der Waals surface area contributed by atoms with Crippen molar-refractivity contribution in [2.24, 2.45) is 0 Å². The van der Waals surface area contributed by atoms with E-state index in [1.54, 1.807) is 13.1 Å². The molecule has 0 saturated heterocycles. The van der Waals surface area contributed by atoms with Crippen molar-refractivity contribution in [1.82, 2.24) is 10.6 Å². The largest absolute Gasteiger partial charge is 0.359 e. The average molecular weight is 303 g/mol. The van der Waals surface area contributed by atoms with Gasteiger partial charge in [0.05, 0.1) is 0 Å². The molecule has 5 heteroatoms. The van der Waals surface area contributed by atoms with Crippen LogP contribution in [0.1, 0.15) is 18.4 Å². The number of amides is 1. The third kappa shape index (κ3) is 5.28. The SMILES string of the molecule is CNC(=O)CCCNCc1cc(F)ccc1Br. The van der Waals surface area contributed by atoms with E-state index in [0.29, 0.717) is 13.0 Å². The number of carbonyl (C=O) groups is 1. The first-order valence-corrected chi connectivity index (χ1v) is 6.28. The predicted molar refractivity (Wildman–Crippen MR) is 69.1 cm³/mol. The van der Waals surface area contributed by atoms with Crippen LogP contribution in [0, 0.1) is 5.82 Å². The van der Waals surface area contributed by atoms with Gasteiger partial charge in [-0.2, -0.15) is 0 Å². The lowest BCUT2D eigenvalue weighted by molar-refractivity contribution is -0.120. The fraction of sp³-hybridized carbons (Fsp3) is 0.417. The first kappa shape index (κ1) is 14.1. The zero-order valence-electron chi connectivity index (χ0n) is 9.72. The van der Waals surface area contributed by atoms with Gasteiger partial charge in [-0.3, -0.25) is 4.79 Å². The summed E-state index contributed by atoms with van der Waals surface area (Å²) in [7, 11) is 1.62. The fourth-order valence-corrected chi connectivity index (χ4v) is 1.79. The highest BCUT2D eigenvalue weighted by Crippen LogP contribution is 2.17. The molecule has 0 unspecified atom stereocenters. The molecule has 94 valence electrons. The van der Waals surface area contributed by atoms with Crippen LogP contribution in [0.5, 0.6) is 0 Å². The molecule has 0 aliphatic rings. The highest BCUT2D eigenvalue weighted by atomic mass is 79.9. The first-order valence-electron chi connectivity index (χ1n) is 5.48. The fourth-order valence-electron chi connectivity index (χ4n) is 1.40.